The Morgan fingerprint density at radius 1 is 1.07 bits per heavy atom. The molecule has 2 aromatic rings. The molecule has 2 aromatic carbocycles. The fourth-order valence-corrected chi connectivity index (χ4v) is 3.40. The van der Waals surface area contributed by atoms with E-state index in [4.69, 9.17) is 16.7 Å². The van der Waals surface area contributed by atoms with Crippen molar-refractivity contribution in [2.75, 3.05) is 11.4 Å². The molecule has 0 saturated carbocycles. The Balaban J connectivity index is 1.85. The summed E-state index contributed by atoms with van der Waals surface area (Å²) >= 11 is 5.87. The molecular weight excluding hydrogens is 408 g/mol. The largest absolute Gasteiger partial charge is 0.478 e. The Kier molecular flexibility index (Phi) is 6.64. The molecule has 3 amide bonds. The molecule has 1 atom stereocenters. The zero-order chi connectivity index (χ0) is 21.7. The van der Waals surface area contributed by atoms with Crippen LogP contribution in [0.25, 0.3) is 0 Å². The van der Waals surface area contributed by atoms with E-state index in [0.717, 1.165) is 22.6 Å². The fourth-order valence-electron chi connectivity index (χ4n) is 3.27. The summed E-state index contributed by atoms with van der Waals surface area (Å²) < 4.78 is 0. The van der Waals surface area contributed by atoms with Crippen LogP contribution in [-0.4, -0.2) is 46.3 Å². The van der Waals surface area contributed by atoms with Crippen molar-refractivity contribution in [1.29, 1.82) is 0 Å². The minimum atomic E-state index is -1.28. The van der Waals surface area contributed by atoms with E-state index < -0.39 is 29.7 Å². The van der Waals surface area contributed by atoms with Crippen LogP contribution in [0.15, 0.2) is 66.7 Å². The summed E-state index contributed by atoms with van der Waals surface area (Å²) in [6, 6.07) is 14.6. The normalized spacial score (nSPS) is 16.3. The Labute approximate surface area is 178 Å². The van der Waals surface area contributed by atoms with E-state index in [9.17, 15) is 19.2 Å². The summed E-state index contributed by atoms with van der Waals surface area (Å²) in [5, 5.41) is 9.29. The van der Waals surface area contributed by atoms with Gasteiger partial charge in [-0.25, -0.2) is 9.69 Å². The maximum Gasteiger partial charge on any atom is 0.328 e. The van der Waals surface area contributed by atoms with Crippen LogP contribution < -0.4 is 4.90 Å². The lowest BCUT2D eigenvalue weighted by molar-refractivity contribution is -0.135. The highest BCUT2D eigenvalue weighted by molar-refractivity contribution is 6.31. The van der Waals surface area contributed by atoms with Gasteiger partial charge < -0.3 is 10.0 Å². The van der Waals surface area contributed by atoms with Crippen LogP contribution in [0.5, 0.6) is 0 Å². The monoisotopic (exact) mass is 426 g/mol. The van der Waals surface area contributed by atoms with Crippen LogP contribution in [0.2, 0.25) is 5.02 Å². The number of halogens is 1. The first kappa shape index (κ1) is 21.3. The molecule has 0 aliphatic carbocycles. The molecule has 1 saturated heterocycles. The lowest BCUT2D eigenvalue weighted by atomic mass is 10.1. The molecule has 30 heavy (non-hydrogen) atoms. The van der Waals surface area contributed by atoms with Crippen molar-refractivity contribution in [3.63, 3.8) is 0 Å². The molecule has 1 N–H and O–H groups in total. The fraction of sp³-hybridized carbons (Fsp3) is 0.182. The number of anilines is 1. The predicted octanol–water partition coefficient (Wildman–Crippen LogP) is 2.68. The average Bonchev–Trinajstić information content (AvgIpc) is 3.02. The van der Waals surface area contributed by atoms with Gasteiger partial charge in [-0.05, 0) is 36.2 Å². The van der Waals surface area contributed by atoms with E-state index in [0.29, 0.717) is 17.1 Å². The van der Waals surface area contributed by atoms with Gasteiger partial charge in [0.05, 0.1) is 12.1 Å². The minimum Gasteiger partial charge on any atom is -0.478 e. The van der Waals surface area contributed by atoms with Gasteiger partial charge in [0, 0.05) is 23.7 Å². The van der Waals surface area contributed by atoms with Crippen LogP contribution in [0, 0.1) is 0 Å². The van der Waals surface area contributed by atoms with Gasteiger partial charge in [0.2, 0.25) is 11.8 Å². The number of aliphatic carboxylic acids is 1. The molecule has 1 aliphatic rings. The number of carbonyl (C=O) groups is 4. The maximum atomic E-state index is 13.0. The Morgan fingerprint density at radius 2 is 1.73 bits per heavy atom. The molecule has 0 bridgehead atoms. The van der Waals surface area contributed by atoms with Crippen molar-refractivity contribution >= 4 is 41.0 Å². The van der Waals surface area contributed by atoms with E-state index in [1.165, 1.54) is 4.90 Å². The summed E-state index contributed by atoms with van der Waals surface area (Å²) in [4.78, 5) is 51.4. The van der Waals surface area contributed by atoms with Crippen molar-refractivity contribution in [1.82, 2.24) is 4.90 Å². The molecule has 0 unspecified atom stereocenters. The smallest absolute Gasteiger partial charge is 0.328 e. The topological polar surface area (TPSA) is 95.0 Å². The van der Waals surface area contributed by atoms with Gasteiger partial charge in [0.15, 0.2) is 0 Å². The first-order chi connectivity index (χ1) is 14.4. The number of benzene rings is 2. The summed E-state index contributed by atoms with van der Waals surface area (Å²) in [5.41, 5.74) is 1.32. The predicted molar refractivity (Wildman–Crippen MR) is 111 cm³/mol. The molecule has 154 valence electrons. The van der Waals surface area contributed by atoms with E-state index in [1.807, 2.05) is 30.3 Å². The lowest BCUT2D eigenvalue weighted by Crippen LogP contribution is -2.45. The van der Waals surface area contributed by atoms with Crippen molar-refractivity contribution in [2.24, 2.45) is 0 Å². The molecule has 1 heterocycles. The number of carbonyl (C=O) groups excluding carboxylic acids is 3. The Hall–Kier alpha value is -3.45. The second-order valence-corrected chi connectivity index (χ2v) is 7.14. The van der Waals surface area contributed by atoms with Gasteiger partial charge in [-0.3, -0.25) is 14.4 Å². The Bertz CT molecular complexity index is 988. The SMILES string of the molecule is O=C(O)/C=C\C(=O)N(CCc1ccccc1)[C@@H]1CC(=O)N(c2ccc(Cl)cc2)C1=O. The molecule has 0 radical (unpaired) electrons. The number of amides is 3. The zero-order valence-corrected chi connectivity index (χ0v) is 16.7. The number of rotatable bonds is 7. The number of hydrogen-bond acceptors (Lipinski definition) is 4. The van der Waals surface area contributed by atoms with Crippen LogP contribution >= 0.6 is 11.6 Å². The summed E-state index contributed by atoms with van der Waals surface area (Å²) in [7, 11) is 0. The number of carboxylic acids is 1. The van der Waals surface area contributed by atoms with Gasteiger partial charge >= 0.3 is 5.97 Å². The van der Waals surface area contributed by atoms with Crippen molar-refractivity contribution in [3.8, 4) is 0 Å². The number of hydrogen-bond donors (Lipinski definition) is 1. The summed E-state index contributed by atoms with van der Waals surface area (Å²) in [5.74, 6) is -2.89. The number of imide groups is 1. The highest BCUT2D eigenvalue weighted by Crippen LogP contribution is 2.27. The van der Waals surface area contributed by atoms with Crippen LogP contribution in [-0.2, 0) is 25.6 Å². The van der Waals surface area contributed by atoms with Crippen molar-refractivity contribution in [2.45, 2.75) is 18.9 Å². The van der Waals surface area contributed by atoms with Crippen LogP contribution in [0.1, 0.15) is 12.0 Å². The molecule has 0 spiro atoms. The Morgan fingerprint density at radius 3 is 2.37 bits per heavy atom. The third-order valence-electron chi connectivity index (χ3n) is 4.72. The van der Waals surface area contributed by atoms with Gasteiger partial charge in [-0.1, -0.05) is 41.9 Å². The third kappa shape index (κ3) is 4.93. The molecular formula is C22H19ClN2O5. The van der Waals surface area contributed by atoms with E-state index >= 15 is 0 Å². The van der Waals surface area contributed by atoms with Crippen LogP contribution in [0.4, 0.5) is 5.69 Å². The molecule has 3 rings (SSSR count). The van der Waals surface area contributed by atoms with Crippen LogP contribution in [0.3, 0.4) is 0 Å². The average molecular weight is 427 g/mol. The standard InChI is InChI=1S/C22H19ClN2O5/c23-16-6-8-17(9-7-16)25-20(27)14-18(22(25)30)24(19(26)10-11-21(28)29)13-12-15-4-2-1-3-5-15/h1-11,18H,12-14H2,(H,28,29)/b11-10-/t18-/m1/s1. The highest BCUT2D eigenvalue weighted by Gasteiger charge is 2.43. The second-order valence-electron chi connectivity index (χ2n) is 6.70. The highest BCUT2D eigenvalue weighted by atomic mass is 35.5. The van der Waals surface area contributed by atoms with Crippen molar-refractivity contribution in [3.05, 3.63) is 77.3 Å². The van der Waals surface area contributed by atoms with E-state index in [-0.39, 0.29) is 13.0 Å². The van der Waals surface area contributed by atoms with Gasteiger partial charge in [0.25, 0.3) is 5.91 Å². The zero-order valence-electron chi connectivity index (χ0n) is 15.9. The number of nitrogens with zero attached hydrogens (tertiary/aromatic N) is 2. The lowest BCUT2D eigenvalue weighted by Gasteiger charge is -2.26. The number of carboxylic acid groups (broad SMARTS) is 1. The van der Waals surface area contributed by atoms with E-state index in [2.05, 4.69) is 0 Å². The first-order valence-corrected chi connectivity index (χ1v) is 9.62. The quantitative estimate of drug-likeness (QED) is 0.542. The van der Waals surface area contributed by atoms with Gasteiger partial charge in [0.1, 0.15) is 6.04 Å². The molecule has 7 nitrogen and oxygen atoms in total. The van der Waals surface area contributed by atoms with E-state index in [1.54, 1.807) is 24.3 Å². The third-order valence-corrected chi connectivity index (χ3v) is 4.97. The molecule has 1 fully saturated rings. The second kappa shape index (κ2) is 9.37. The van der Waals surface area contributed by atoms with Crippen molar-refractivity contribution < 1.29 is 24.3 Å². The first-order valence-electron chi connectivity index (χ1n) is 9.24. The molecule has 8 heteroatoms. The van der Waals surface area contributed by atoms with Gasteiger partial charge in [-0.2, -0.15) is 0 Å². The summed E-state index contributed by atoms with van der Waals surface area (Å²) in [6.07, 6.45) is 1.89. The maximum absolute atomic E-state index is 13.0. The minimum absolute atomic E-state index is 0.158. The van der Waals surface area contributed by atoms with Gasteiger partial charge in [-0.15, -0.1) is 0 Å². The molecule has 1 aliphatic heterocycles. The summed E-state index contributed by atoms with van der Waals surface area (Å²) in [6.45, 7) is 0.158. The molecule has 0 aromatic heterocycles.